The van der Waals surface area contributed by atoms with Crippen LogP contribution in [0.15, 0.2) is 54.6 Å². The Morgan fingerprint density at radius 1 is 1.04 bits per heavy atom. The van der Waals surface area contributed by atoms with Crippen molar-refractivity contribution in [2.24, 2.45) is 5.73 Å². The molecular formula is C20H24ClF3N2O. The number of hydrogen-bond acceptors (Lipinski definition) is 2. The molecular weight excluding hydrogens is 377 g/mol. The van der Waals surface area contributed by atoms with Gasteiger partial charge in [-0.3, -0.25) is 4.79 Å². The van der Waals surface area contributed by atoms with E-state index in [2.05, 4.69) is 5.32 Å². The van der Waals surface area contributed by atoms with Gasteiger partial charge in [0.2, 0.25) is 5.91 Å². The zero-order chi connectivity index (χ0) is 19.4. The lowest BCUT2D eigenvalue weighted by atomic mass is 9.83. The lowest BCUT2D eigenvalue weighted by Crippen LogP contribution is -2.38. The minimum Gasteiger partial charge on any atom is -0.355 e. The number of rotatable bonds is 6. The van der Waals surface area contributed by atoms with Crippen LogP contribution in [-0.2, 0) is 16.4 Å². The molecule has 0 spiro atoms. The SMILES string of the molecule is CC(C)(CNC(=O)CC(N)c1ccccc1)c1cccc(C(F)(F)F)c1.Cl. The summed E-state index contributed by atoms with van der Waals surface area (Å²) in [7, 11) is 0. The monoisotopic (exact) mass is 400 g/mol. The van der Waals surface area contributed by atoms with Crippen LogP contribution >= 0.6 is 12.4 Å². The molecule has 7 heteroatoms. The van der Waals surface area contributed by atoms with Crippen LogP contribution in [0.3, 0.4) is 0 Å². The van der Waals surface area contributed by atoms with Crippen LogP contribution in [0.1, 0.15) is 43.0 Å². The second-order valence-electron chi connectivity index (χ2n) is 6.96. The molecule has 1 atom stereocenters. The number of alkyl halides is 3. The fraction of sp³-hybridized carbons (Fsp3) is 0.350. The van der Waals surface area contributed by atoms with Crippen LogP contribution in [0.5, 0.6) is 0 Å². The number of hydrogen-bond donors (Lipinski definition) is 2. The number of halogens is 4. The lowest BCUT2D eigenvalue weighted by molar-refractivity contribution is -0.137. The molecule has 0 aliphatic heterocycles. The highest BCUT2D eigenvalue weighted by molar-refractivity contribution is 5.85. The van der Waals surface area contributed by atoms with Gasteiger partial charge >= 0.3 is 6.18 Å². The number of nitrogens with two attached hydrogens (primary N) is 1. The van der Waals surface area contributed by atoms with E-state index in [1.54, 1.807) is 19.9 Å². The maximum Gasteiger partial charge on any atom is 0.416 e. The van der Waals surface area contributed by atoms with Crippen molar-refractivity contribution >= 4 is 18.3 Å². The van der Waals surface area contributed by atoms with Gasteiger partial charge in [-0.2, -0.15) is 13.2 Å². The van der Waals surface area contributed by atoms with Crippen molar-refractivity contribution in [1.29, 1.82) is 0 Å². The lowest BCUT2D eigenvalue weighted by Gasteiger charge is -2.27. The molecule has 2 aromatic rings. The van der Waals surface area contributed by atoms with Crippen molar-refractivity contribution in [3.63, 3.8) is 0 Å². The first-order chi connectivity index (χ1) is 12.1. The second kappa shape index (κ2) is 9.24. The summed E-state index contributed by atoms with van der Waals surface area (Å²) in [6.45, 7) is 3.80. The maximum atomic E-state index is 12.9. The second-order valence-corrected chi connectivity index (χ2v) is 6.96. The number of benzene rings is 2. The Morgan fingerprint density at radius 2 is 1.63 bits per heavy atom. The minimum absolute atomic E-state index is 0. The van der Waals surface area contributed by atoms with Gasteiger partial charge in [-0.1, -0.05) is 62.4 Å². The molecule has 2 aromatic carbocycles. The van der Waals surface area contributed by atoms with Gasteiger partial charge in [-0.15, -0.1) is 12.4 Å². The Morgan fingerprint density at radius 3 is 2.22 bits per heavy atom. The van der Waals surface area contributed by atoms with Gasteiger partial charge in [0.15, 0.2) is 0 Å². The van der Waals surface area contributed by atoms with Gasteiger partial charge in [0.05, 0.1) is 5.56 Å². The highest BCUT2D eigenvalue weighted by atomic mass is 35.5. The molecule has 0 radical (unpaired) electrons. The molecule has 3 nitrogen and oxygen atoms in total. The summed E-state index contributed by atoms with van der Waals surface area (Å²) in [5.74, 6) is -0.235. The standard InChI is InChI=1S/C20H23F3N2O.ClH/c1-19(2,15-9-6-10-16(11-15)20(21,22)23)13-25-18(26)12-17(24)14-7-4-3-5-8-14;/h3-11,17H,12-13,24H2,1-2H3,(H,25,26);1H. The summed E-state index contributed by atoms with van der Waals surface area (Å²) < 4.78 is 38.7. The minimum atomic E-state index is -4.39. The molecule has 3 N–H and O–H groups in total. The molecule has 148 valence electrons. The van der Waals surface area contributed by atoms with Gasteiger partial charge in [0.1, 0.15) is 0 Å². The molecule has 0 saturated heterocycles. The van der Waals surface area contributed by atoms with Gasteiger partial charge in [0, 0.05) is 24.4 Å². The van der Waals surface area contributed by atoms with Gasteiger partial charge in [-0.05, 0) is 17.2 Å². The van der Waals surface area contributed by atoms with E-state index < -0.39 is 23.2 Å². The molecule has 0 heterocycles. The summed E-state index contributed by atoms with van der Waals surface area (Å²) in [5, 5.41) is 2.78. The Bertz CT molecular complexity index is 748. The highest BCUT2D eigenvalue weighted by Crippen LogP contribution is 2.32. The van der Waals surface area contributed by atoms with Gasteiger partial charge in [-0.25, -0.2) is 0 Å². The van der Waals surface area contributed by atoms with Crippen LogP contribution in [0.2, 0.25) is 0 Å². The third-order valence-corrected chi connectivity index (χ3v) is 4.33. The Hall–Kier alpha value is -2.05. The molecule has 2 rings (SSSR count). The summed E-state index contributed by atoms with van der Waals surface area (Å²) in [5.41, 5.74) is 6.06. The van der Waals surface area contributed by atoms with Crippen LogP contribution in [-0.4, -0.2) is 12.5 Å². The van der Waals surface area contributed by atoms with E-state index >= 15 is 0 Å². The van der Waals surface area contributed by atoms with Crippen LogP contribution in [0.4, 0.5) is 13.2 Å². The number of carbonyl (C=O) groups is 1. The molecule has 0 aliphatic rings. The van der Waals surface area contributed by atoms with E-state index in [1.807, 2.05) is 30.3 Å². The highest BCUT2D eigenvalue weighted by Gasteiger charge is 2.32. The maximum absolute atomic E-state index is 12.9. The quantitative estimate of drug-likeness (QED) is 0.743. The van der Waals surface area contributed by atoms with E-state index in [9.17, 15) is 18.0 Å². The Balaban J connectivity index is 0.00000364. The topological polar surface area (TPSA) is 55.1 Å². The van der Waals surface area contributed by atoms with Crippen LogP contribution in [0.25, 0.3) is 0 Å². The summed E-state index contributed by atoms with van der Waals surface area (Å²) in [6.07, 6.45) is -4.28. The fourth-order valence-corrected chi connectivity index (χ4v) is 2.63. The predicted octanol–water partition coefficient (Wildman–Crippen LogP) is 4.61. The van der Waals surface area contributed by atoms with E-state index in [0.717, 1.165) is 17.7 Å². The normalized spacial score (nSPS) is 12.8. The largest absolute Gasteiger partial charge is 0.416 e. The smallest absolute Gasteiger partial charge is 0.355 e. The summed E-state index contributed by atoms with van der Waals surface area (Å²) in [6, 6.07) is 14.0. The average Bonchev–Trinajstić information content (AvgIpc) is 2.60. The third-order valence-electron chi connectivity index (χ3n) is 4.33. The van der Waals surface area contributed by atoms with E-state index in [1.165, 1.54) is 6.07 Å². The first-order valence-electron chi connectivity index (χ1n) is 8.34. The van der Waals surface area contributed by atoms with E-state index in [0.29, 0.717) is 5.56 Å². The average molecular weight is 401 g/mol. The number of carbonyl (C=O) groups excluding carboxylic acids is 1. The molecule has 0 fully saturated rings. The first kappa shape index (κ1) is 23.0. The third kappa shape index (κ3) is 6.56. The number of amides is 1. The van der Waals surface area contributed by atoms with Crippen molar-refractivity contribution in [2.45, 2.75) is 37.9 Å². The molecule has 0 aromatic heterocycles. The predicted molar refractivity (Wildman–Crippen MR) is 103 cm³/mol. The molecule has 0 aliphatic carbocycles. The molecule has 27 heavy (non-hydrogen) atoms. The summed E-state index contributed by atoms with van der Waals surface area (Å²) in [4.78, 5) is 12.2. The Labute approximate surface area is 163 Å². The molecule has 0 saturated carbocycles. The van der Waals surface area contributed by atoms with Gasteiger partial charge in [0.25, 0.3) is 0 Å². The van der Waals surface area contributed by atoms with Crippen molar-refractivity contribution in [3.8, 4) is 0 Å². The van der Waals surface area contributed by atoms with Crippen molar-refractivity contribution in [2.75, 3.05) is 6.54 Å². The van der Waals surface area contributed by atoms with Crippen LogP contribution in [0, 0.1) is 0 Å². The first-order valence-corrected chi connectivity index (χ1v) is 8.34. The van der Waals surface area contributed by atoms with E-state index in [4.69, 9.17) is 5.73 Å². The van der Waals surface area contributed by atoms with Crippen molar-refractivity contribution in [3.05, 3.63) is 71.3 Å². The molecule has 0 bridgehead atoms. The van der Waals surface area contributed by atoms with Crippen molar-refractivity contribution < 1.29 is 18.0 Å². The van der Waals surface area contributed by atoms with Gasteiger partial charge < -0.3 is 11.1 Å². The molecule has 1 amide bonds. The van der Waals surface area contributed by atoms with E-state index in [-0.39, 0.29) is 31.3 Å². The zero-order valence-corrected chi connectivity index (χ0v) is 16.0. The number of nitrogens with one attached hydrogen (secondary N) is 1. The fourth-order valence-electron chi connectivity index (χ4n) is 2.63. The summed E-state index contributed by atoms with van der Waals surface area (Å²) >= 11 is 0. The zero-order valence-electron chi connectivity index (χ0n) is 15.2. The Kier molecular flexibility index (Phi) is 7.87. The van der Waals surface area contributed by atoms with Crippen molar-refractivity contribution in [1.82, 2.24) is 5.32 Å². The van der Waals surface area contributed by atoms with Crippen LogP contribution < -0.4 is 11.1 Å². The molecule has 1 unspecified atom stereocenters.